The number of hydrogen-bond acceptors (Lipinski definition) is 2. The predicted molar refractivity (Wildman–Crippen MR) is 72.9 cm³/mol. The molecule has 3 heteroatoms. The molecule has 0 aromatic rings. The van der Waals surface area contributed by atoms with Crippen molar-refractivity contribution in [1.29, 1.82) is 0 Å². The summed E-state index contributed by atoms with van der Waals surface area (Å²) in [5.41, 5.74) is 0.723. The van der Waals surface area contributed by atoms with Gasteiger partial charge in [-0.2, -0.15) is 0 Å². The zero-order chi connectivity index (χ0) is 12.1. The van der Waals surface area contributed by atoms with Crippen LogP contribution in [0.3, 0.4) is 0 Å². The lowest BCUT2D eigenvalue weighted by atomic mass is 10.00. The molecule has 2 fully saturated rings. The topological polar surface area (TPSA) is 18.5 Å². The van der Waals surface area contributed by atoms with Crippen molar-refractivity contribution in [3.8, 4) is 0 Å². The second-order valence-electron chi connectivity index (χ2n) is 5.68. The molecular weight excluding hydrogens is 228 g/mol. The highest BCUT2D eigenvalue weighted by molar-refractivity contribution is 6.72. The van der Waals surface area contributed by atoms with Crippen LogP contribution in [0.4, 0.5) is 0 Å². The van der Waals surface area contributed by atoms with Crippen LogP contribution in [0.15, 0.2) is 0 Å². The molecule has 0 spiro atoms. The van der Waals surface area contributed by atoms with Crippen molar-refractivity contribution in [1.82, 2.24) is 0 Å². The molecule has 1 radical (unpaired) electrons. The largest absolute Gasteiger partial charge is 0.397 e. The van der Waals surface area contributed by atoms with Crippen LogP contribution in [-0.4, -0.2) is 22.8 Å². The van der Waals surface area contributed by atoms with Crippen LogP contribution in [0, 0.1) is 12.0 Å². The summed E-state index contributed by atoms with van der Waals surface area (Å²) >= 11 is 0. The molecule has 2 nitrogen and oxygen atoms in total. The van der Waals surface area contributed by atoms with Gasteiger partial charge in [0.1, 0.15) is 0 Å². The minimum Gasteiger partial charge on any atom is -0.397 e. The lowest BCUT2D eigenvalue weighted by Gasteiger charge is -2.41. The van der Waals surface area contributed by atoms with Crippen molar-refractivity contribution in [2.24, 2.45) is 5.92 Å². The molecule has 0 amide bonds. The van der Waals surface area contributed by atoms with E-state index in [1.165, 1.54) is 57.8 Å². The molecule has 2 aliphatic carbocycles. The van der Waals surface area contributed by atoms with E-state index >= 15 is 0 Å². The monoisotopic (exact) mass is 255 g/mol. The molecule has 0 saturated heterocycles. The van der Waals surface area contributed by atoms with E-state index in [1.54, 1.807) is 0 Å². The summed E-state index contributed by atoms with van der Waals surface area (Å²) < 4.78 is 11.8. The predicted octanol–water partition coefficient (Wildman–Crippen LogP) is 3.99. The van der Waals surface area contributed by atoms with Gasteiger partial charge in [0.15, 0.2) is 0 Å². The van der Waals surface area contributed by atoms with Crippen LogP contribution >= 0.6 is 0 Å². The molecule has 0 aromatic heterocycles. The summed E-state index contributed by atoms with van der Waals surface area (Å²) in [6.45, 7) is 0. The third-order valence-corrected chi connectivity index (χ3v) is 8.61. The Morgan fingerprint density at radius 3 is 1.82 bits per heavy atom. The standard InChI is InChI=1S/C14H27O2Si/c1-15-17(16-2,14-10-7-11-14)12-13-8-5-3-4-6-9-13/h12-14H,3-11H2,1-2H3. The SMILES string of the molecule is CO[Si]([CH]C1CCCCCC1)(OC)C1CCC1. The van der Waals surface area contributed by atoms with E-state index in [4.69, 9.17) is 8.85 Å². The maximum absolute atomic E-state index is 5.90. The third kappa shape index (κ3) is 3.12. The van der Waals surface area contributed by atoms with Crippen LogP contribution in [0.2, 0.25) is 5.54 Å². The minimum atomic E-state index is -1.99. The van der Waals surface area contributed by atoms with E-state index in [0.717, 1.165) is 11.5 Å². The van der Waals surface area contributed by atoms with E-state index in [2.05, 4.69) is 6.04 Å². The van der Waals surface area contributed by atoms with Gasteiger partial charge in [-0.25, -0.2) is 0 Å². The molecule has 0 unspecified atom stereocenters. The van der Waals surface area contributed by atoms with Gasteiger partial charge in [0.2, 0.25) is 0 Å². The Kier molecular flexibility index (Phi) is 5.06. The van der Waals surface area contributed by atoms with E-state index in [0.29, 0.717) is 0 Å². The molecule has 0 bridgehead atoms. The Hall–Kier alpha value is 0.137. The van der Waals surface area contributed by atoms with E-state index in [1.807, 2.05) is 14.2 Å². The lowest BCUT2D eigenvalue weighted by molar-refractivity contribution is 0.210. The van der Waals surface area contributed by atoms with Crippen LogP contribution in [0.25, 0.3) is 0 Å². The average Bonchev–Trinajstić information content (AvgIpc) is 2.54. The Balaban J connectivity index is 1.95. The van der Waals surface area contributed by atoms with Gasteiger partial charge in [-0.3, -0.25) is 0 Å². The first-order valence-corrected chi connectivity index (χ1v) is 9.24. The number of hydrogen-bond donors (Lipinski definition) is 0. The minimum absolute atomic E-state index is 0.723. The molecule has 2 saturated carbocycles. The fourth-order valence-corrected chi connectivity index (χ4v) is 6.89. The molecule has 99 valence electrons. The van der Waals surface area contributed by atoms with E-state index < -0.39 is 8.56 Å². The molecule has 0 aromatic carbocycles. The van der Waals surface area contributed by atoms with Crippen LogP contribution in [0.5, 0.6) is 0 Å². The first-order chi connectivity index (χ1) is 8.30. The summed E-state index contributed by atoms with van der Waals surface area (Å²) in [6.07, 6.45) is 12.3. The maximum atomic E-state index is 5.90. The molecule has 0 heterocycles. The van der Waals surface area contributed by atoms with Gasteiger partial charge in [0.25, 0.3) is 0 Å². The molecule has 2 rings (SSSR count). The third-order valence-electron chi connectivity index (χ3n) is 4.68. The molecule has 0 atom stereocenters. The van der Waals surface area contributed by atoms with Crippen LogP contribution < -0.4 is 0 Å². The lowest BCUT2D eigenvalue weighted by Crippen LogP contribution is -2.50. The van der Waals surface area contributed by atoms with E-state index in [-0.39, 0.29) is 0 Å². The second-order valence-corrected chi connectivity index (χ2v) is 9.08. The van der Waals surface area contributed by atoms with Gasteiger partial charge in [-0.15, -0.1) is 0 Å². The molecule has 0 N–H and O–H groups in total. The Morgan fingerprint density at radius 2 is 1.41 bits per heavy atom. The zero-order valence-electron chi connectivity index (χ0n) is 11.4. The fourth-order valence-electron chi connectivity index (χ4n) is 3.31. The van der Waals surface area contributed by atoms with Gasteiger partial charge in [-0.05, 0) is 18.8 Å². The summed E-state index contributed by atoms with van der Waals surface area (Å²) in [6, 6.07) is 2.53. The summed E-state index contributed by atoms with van der Waals surface area (Å²) in [4.78, 5) is 0. The smallest absolute Gasteiger partial charge is 0.344 e. The average molecular weight is 255 g/mol. The molecule has 2 aliphatic rings. The number of rotatable bonds is 5. The van der Waals surface area contributed by atoms with Gasteiger partial charge < -0.3 is 8.85 Å². The van der Waals surface area contributed by atoms with Gasteiger partial charge in [0, 0.05) is 25.8 Å². The molecule has 0 aliphatic heterocycles. The molecular formula is C14H27O2Si. The first-order valence-electron chi connectivity index (χ1n) is 7.27. The van der Waals surface area contributed by atoms with Crippen molar-refractivity contribution < 1.29 is 8.85 Å². The van der Waals surface area contributed by atoms with E-state index in [9.17, 15) is 0 Å². The zero-order valence-corrected chi connectivity index (χ0v) is 12.4. The van der Waals surface area contributed by atoms with Crippen LogP contribution in [-0.2, 0) is 8.85 Å². The van der Waals surface area contributed by atoms with Crippen molar-refractivity contribution in [2.75, 3.05) is 14.2 Å². The molecule has 17 heavy (non-hydrogen) atoms. The fraction of sp³-hybridized carbons (Fsp3) is 0.929. The van der Waals surface area contributed by atoms with Crippen molar-refractivity contribution in [3.63, 3.8) is 0 Å². The van der Waals surface area contributed by atoms with Crippen molar-refractivity contribution in [2.45, 2.75) is 63.3 Å². The second kappa shape index (κ2) is 6.35. The van der Waals surface area contributed by atoms with Crippen molar-refractivity contribution >= 4 is 8.56 Å². The quantitative estimate of drug-likeness (QED) is 0.546. The highest BCUT2D eigenvalue weighted by Gasteiger charge is 2.48. The Bertz CT molecular complexity index is 216. The summed E-state index contributed by atoms with van der Waals surface area (Å²) in [5.74, 6) is 0.754. The van der Waals surface area contributed by atoms with Gasteiger partial charge in [-0.1, -0.05) is 44.9 Å². The highest BCUT2D eigenvalue weighted by Crippen LogP contribution is 2.45. The normalized spacial score (nSPS) is 24.4. The van der Waals surface area contributed by atoms with Gasteiger partial charge in [0.05, 0.1) is 0 Å². The maximum Gasteiger partial charge on any atom is 0.344 e. The van der Waals surface area contributed by atoms with Crippen molar-refractivity contribution in [3.05, 3.63) is 6.04 Å². The Labute approximate surface area is 107 Å². The van der Waals surface area contributed by atoms with Crippen LogP contribution in [0.1, 0.15) is 57.8 Å². The summed E-state index contributed by atoms with van der Waals surface area (Å²) in [7, 11) is 1.73. The van der Waals surface area contributed by atoms with Gasteiger partial charge >= 0.3 is 8.56 Å². The Morgan fingerprint density at radius 1 is 0.824 bits per heavy atom. The summed E-state index contributed by atoms with van der Waals surface area (Å²) in [5, 5.41) is 0. The highest BCUT2D eigenvalue weighted by atomic mass is 28.4. The first kappa shape index (κ1) is 13.6.